The molecule has 0 fully saturated rings. The summed E-state index contributed by atoms with van der Waals surface area (Å²) in [7, 11) is -2.16. The molecule has 0 spiro atoms. The van der Waals surface area contributed by atoms with E-state index in [-0.39, 0.29) is 12.4 Å². The zero-order chi connectivity index (χ0) is 24.1. The Labute approximate surface area is 195 Å². The monoisotopic (exact) mass is 473 g/mol. The lowest BCUT2D eigenvalue weighted by Crippen LogP contribution is -2.34. The fraction of sp³-hybridized carbons (Fsp3) is 0.400. The minimum absolute atomic E-state index is 0.203. The number of esters is 1. The molecule has 3 rings (SSSR count). The summed E-state index contributed by atoms with van der Waals surface area (Å²) in [5.41, 5.74) is 1.63. The molecule has 0 saturated carbocycles. The highest BCUT2D eigenvalue weighted by Crippen LogP contribution is 2.26. The zero-order valence-corrected chi connectivity index (χ0v) is 20.4. The van der Waals surface area contributed by atoms with E-state index in [9.17, 15) is 13.2 Å². The highest BCUT2D eigenvalue weighted by molar-refractivity contribution is 7.86. The number of aryl methyl sites for hydroxylation is 2. The first-order valence-corrected chi connectivity index (χ1v) is 12.8. The number of carbonyl (C=O) groups is 1. The van der Waals surface area contributed by atoms with Crippen molar-refractivity contribution >= 4 is 27.0 Å². The third-order valence-electron chi connectivity index (χ3n) is 5.64. The molecule has 0 unspecified atom stereocenters. The molecule has 0 aliphatic rings. The van der Waals surface area contributed by atoms with E-state index in [0.29, 0.717) is 12.2 Å². The lowest BCUT2D eigenvalue weighted by molar-refractivity contribution is -0.144. The number of nitrogens with zero attached hydrogens (tertiary/aromatic N) is 1. The Balaban J connectivity index is 1.56. The minimum Gasteiger partial charge on any atom is -0.487 e. The standard InChI is InChI=1S/C25H31NO6S/c1-5-25(2,18-24(27)30-3)31-21-10-8-19(9-11-21)7-6-15-26-16-14-20-17-22(12-13-23(20)26)32-33(4,28)29/h8-14,16-17H,5-7,15,18H2,1-4H3/t25-/m0/s1. The van der Waals surface area contributed by atoms with Crippen molar-refractivity contribution in [2.45, 2.75) is 51.7 Å². The van der Waals surface area contributed by atoms with E-state index >= 15 is 0 Å². The second-order valence-electron chi connectivity index (χ2n) is 8.42. The van der Waals surface area contributed by atoms with Gasteiger partial charge in [-0.3, -0.25) is 4.79 Å². The fourth-order valence-electron chi connectivity index (χ4n) is 3.67. The number of fused-ring (bicyclic) bond motifs is 1. The Morgan fingerprint density at radius 2 is 1.76 bits per heavy atom. The number of methoxy groups -OCH3 is 1. The topological polar surface area (TPSA) is 83.8 Å². The van der Waals surface area contributed by atoms with Crippen molar-refractivity contribution in [2.24, 2.45) is 0 Å². The molecular weight excluding hydrogens is 442 g/mol. The minimum atomic E-state index is -3.54. The molecule has 8 heteroatoms. The van der Waals surface area contributed by atoms with Crippen LogP contribution in [0.1, 0.15) is 38.7 Å². The van der Waals surface area contributed by atoms with Crippen molar-refractivity contribution in [2.75, 3.05) is 13.4 Å². The van der Waals surface area contributed by atoms with Crippen molar-refractivity contribution in [3.05, 3.63) is 60.3 Å². The SMILES string of the molecule is CC[C@@](C)(CC(=O)OC)Oc1ccc(CCCn2ccc3cc(OS(C)(=O)=O)ccc32)cc1. The molecule has 33 heavy (non-hydrogen) atoms. The molecule has 7 nitrogen and oxygen atoms in total. The first-order chi connectivity index (χ1) is 15.6. The molecule has 0 aliphatic heterocycles. The van der Waals surface area contributed by atoms with Gasteiger partial charge in [-0.25, -0.2) is 0 Å². The van der Waals surface area contributed by atoms with E-state index in [4.69, 9.17) is 13.7 Å². The molecule has 0 bridgehead atoms. The number of hydrogen-bond acceptors (Lipinski definition) is 6. The van der Waals surface area contributed by atoms with Crippen LogP contribution in [-0.4, -0.2) is 37.9 Å². The second-order valence-corrected chi connectivity index (χ2v) is 10.00. The molecule has 2 aromatic carbocycles. The average molecular weight is 474 g/mol. The van der Waals surface area contributed by atoms with Crippen molar-refractivity contribution < 1.29 is 26.9 Å². The molecule has 1 aromatic heterocycles. The number of hydrogen-bond donors (Lipinski definition) is 0. The van der Waals surface area contributed by atoms with Crippen LogP contribution in [0.4, 0.5) is 0 Å². The molecule has 0 radical (unpaired) electrons. The van der Waals surface area contributed by atoms with E-state index < -0.39 is 15.7 Å². The summed E-state index contributed by atoms with van der Waals surface area (Å²) in [6.45, 7) is 4.73. The van der Waals surface area contributed by atoms with Crippen LogP contribution >= 0.6 is 0 Å². The third-order valence-corrected chi connectivity index (χ3v) is 6.13. The molecule has 0 amide bonds. The Morgan fingerprint density at radius 3 is 2.39 bits per heavy atom. The number of carbonyl (C=O) groups excluding carboxylic acids is 1. The van der Waals surface area contributed by atoms with Crippen molar-refractivity contribution in [1.29, 1.82) is 0 Å². The maximum atomic E-state index is 11.7. The zero-order valence-electron chi connectivity index (χ0n) is 19.5. The maximum Gasteiger partial charge on any atom is 0.309 e. The molecule has 178 valence electrons. The summed E-state index contributed by atoms with van der Waals surface area (Å²) in [6.07, 6.45) is 5.78. The molecule has 0 N–H and O–H groups in total. The molecule has 1 atom stereocenters. The number of ether oxygens (including phenoxy) is 2. The van der Waals surface area contributed by atoms with Gasteiger partial charge in [-0.15, -0.1) is 0 Å². The van der Waals surface area contributed by atoms with Gasteiger partial charge >= 0.3 is 16.1 Å². The summed E-state index contributed by atoms with van der Waals surface area (Å²) in [5.74, 6) is 0.763. The van der Waals surface area contributed by atoms with Gasteiger partial charge in [0, 0.05) is 23.6 Å². The van der Waals surface area contributed by atoms with E-state index in [2.05, 4.69) is 4.57 Å². The quantitative estimate of drug-likeness (QED) is 0.296. The fourth-order valence-corrected chi connectivity index (χ4v) is 4.13. The number of aromatic nitrogens is 1. The van der Waals surface area contributed by atoms with E-state index in [1.807, 2.05) is 56.4 Å². The first-order valence-electron chi connectivity index (χ1n) is 10.9. The number of benzene rings is 2. The summed E-state index contributed by atoms with van der Waals surface area (Å²) in [5, 5.41) is 0.934. The van der Waals surface area contributed by atoms with Crippen LogP contribution in [0.2, 0.25) is 0 Å². The lowest BCUT2D eigenvalue weighted by atomic mass is 9.98. The Kier molecular flexibility index (Phi) is 7.68. The predicted octanol–water partition coefficient (Wildman–Crippen LogP) is 4.72. The molecule has 3 aromatic rings. The summed E-state index contributed by atoms with van der Waals surface area (Å²) in [6, 6.07) is 15.2. The third kappa shape index (κ3) is 6.99. The van der Waals surface area contributed by atoms with Crippen LogP contribution in [-0.2, 0) is 32.6 Å². The van der Waals surface area contributed by atoms with Crippen LogP contribution in [0.15, 0.2) is 54.7 Å². The number of rotatable bonds is 11. The van der Waals surface area contributed by atoms with Gasteiger partial charge in [0.25, 0.3) is 0 Å². The molecular formula is C25H31NO6S. The van der Waals surface area contributed by atoms with Crippen molar-refractivity contribution in [3.8, 4) is 11.5 Å². The highest BCUT2D eigenvalue weighted by atomic mass is 32.2. The van der Waals surface area contributed by atoms with Crippen LogP contribution in [0, 0.1) is 0 Å². The van der Waals surface area contributed by atoms with Gasteiger partial charge in [-0.2, -0.15) is 8.42 Å². The Morgan fingerprint density at radius 1 is 1.06 bits per heavy atom. The summed E-state index contributed by atoms with van der Waals surface area (Å²) < 4.78 is 40.6. The predicted molar refractivity (Wildman–Crippen MR) is 128 cm³/mol. The summed E-state index contributed by atoms with van der Waals surface area (Å²) in [4.78, 5) is 11.7. The van der Waals surface area contributed by atoms with Gasteiger partial charge < -0.3 is 18.2 Å². The average Bonchev–Trinajstić information content (AvgIpc) is 3.16. The molecule has 0 aliphatic carbocycles. The normalized spacial score (nSPS) is 13.5. The maximum absolute atomic E-state index is 11.7. The van der Waals surface area contributed by atoms with Crippen LogP contribution in [0.25, 0.3) is 10.9 Å². The Hall–Kier alpha value is -3.00. The molecule has 0 saturated heterocycles. The lowest BCUT2D eigenvalue weighted by Gasteiger charge is -2.28. The van der Waals surface area contributed by atoms with Crippen molar-refractivity contribution in [1.82, 2.24) is 4.57 Å². The van der Waals surface area contributed by atoms with Crippen LogP contribution in [0.5, 0.6) is 11.5 Å². The van der Waals surface area contributed by atoms with Gasteiger partial charge in [0.1, 0.15) is 17.1 Å². The molecule has 1 heterocycles. The van der Waals surface area contributed by atoms with Gasteiger partial charge in [0.15, 0.2) is 0 Å². The van der Waals surface area contributed by atoms with Gasteiger partial charge in [0.05, 0.1) is 19.8 Å². The summed E-state index contributed by atoms with van der Waals surface area (Å²) >= 11 is 0. The van der Waals surface area contributed by atoms with Crippen molar-refractivity contribution in [3.63, 3.8) is 0 Å². The first kappa shape index (κ1) is 24.6. The van der Waals surface area contributed by atoms with Crippen LogP contribution in [0.3, 0.4) is 0 Å². The largest absolute Gasteiger partial charge is 0.487 e. The van der Waals surface area contributed by atoms with Gasteiger partial charge in [-0.1, -0.05) is 19.1 Å². The smallest absolute Gasteiger partial charge is 0.309 e. The Bertz CT molecular complexity index is 1200. The van der Waals surface area contributed by atoms with Crippen LogP contribution < -0.4 is 8.92 Å². The van der Waals surface area contributed by atoms with Gasteiger partial charge in [0.2, 0.25) is 0 Å². The van der Waals surface area contributed by atoms with Gasteiger partial charge in [-0.05, 0) is 68.1 Å². The second kappa shape index (κ2) is 10.3. The van der Waals surface area contributed by atoms with E-state index in [0.717, 1.165) is 42.3 Å². The van der Waals surface area contributed by atoms with E-state index in [1.54, 1.807) is 12.1 Å². The highest BCUT2D eigenvalue weighted by Gasteiger charge is 2.28. The van der Waals surface area contributed by atoms with E-state index in [1.165, 1.54) is 12.7 Å².